The molecule has 1 radical (unpaired) electrons. The van der Waals surface area contributed by atoms with Crippen LogP contribution in [0.5, 0.6) is 11.5 Å². The number of nitrogens with zero attached hydrogens (tertiary/aromatic N) is 2. The zero-order valence-corrected chi connectivity index (χ0v) is 28.8. The van der Waals surface area contributed by atoms with E-state index in [1.165, 1.54) is 11.1 Å². The summed E-state index contributed by atoms with van der Waals surface area (Å²) in [4.78, 5) is 10.1. The molecule has 2 N–H and O–H groups in total. The van der Waals surface area contributed by atoms with Crippen LogP contribution < -0.4 is 0 Å². The van der Waals surface area contributed by atoms with Gasteiger partial charge in [-0.15, -0.1) is 0 Å². The molecule has 2 atom stereocenters. The first-order valence-electron chi connectivity index (χ1n) is 15.0. The average Bonchev–Trinajstić information content (AvgIpc) is 2.80. The zero-order valence-electron chi connectivity index (χ0n) is 27.6. The average molecular weight is 602 g/mol. The fourth-order valence-electron chi connectivity index (χ4n) is 5.31. The van der Waals surface area contributed by atoms with Crippen molar-refractivity contribution in [3.63, 3.8) is 0 Å². The predicted octanol–water partition coefficient (Wildman–Crippen LogP) is 9.13. The minimum Gasteiger partial charge on any atom is -0.507 e. The third-order valence-corrected chi connectivity index (χ3v) is 8.13. The van der Waals surface area contributed by atoms with Gasteiger partial charge in [-0.1, -0.05) is 108 Å². The number of aromatic hydroxyl groups is 2. The quantitative estimate of drug-likeness (QED) is 0.271. The van der Waals surface area contributed by atoms with Crippen LogP contribution in [0.2, 0.25) is 0 Å². The number of hydrogen-bond acceptors (Lipinski definition) is 4. The van der Waals surface area contributed by atoms with Gasteiger partial charge in [0.25, 0.3) is 0 Å². The molecule has 0 bridgehead atoms. The van der Waals surface area contributed by atoms with Crippen molar-refractivity contribution in [3.05, 3.63) is 57.6 Å². The second-order valence-corrected chi connectivity index (χ2v) is 15.9. The van der Waals surface area contributed by atoms with E-state index in [0.29, 0.717) is 11.5 Å². The van der Waals surface area contributed by atoms with Crippen molar-refractivity contribution < 1.29 is 27.3 Å². The van der Waals surface area contributed by atoms with Crippen LogP contribution in [0.4, 0.5) is 0 Å². The molecule has 0 aromatic heterocycles. The van der Waals surface area contributed by atoms with Crippen LogP contribution in [0.25, 0.3) is 0 Å². The molecule has 0 spiro atoms. The van der Waals surface area contributed by atoms with Crippen molar-refractivity contribution in [3.8, 4) is 11.5 Å². The number of aliphatic imine (C=N–C) groups is 2. The van der Waals surface area contributed by atoms with Gasteiger partial charge in [0.05, 0.1) is 12.1 Å². The Labute approximate surface area is 260 Å². The summed E-state index contributed by atoms with van der Waals surface area (Å²) < 4.78 is 0. The Morgan fingerprint density at radius 1 is 0.561 bits per heavy atom. The van der Waals surface area contributed by atoms with E-state index < -0.39 is 0 Å². The molecule has 2 aromatic rings. The number of phenols is 2. The predicted molar refractivity (Wildman–Crippen MR) is 172 cm³/mol. The van der Waals surface area contributed by atoms with Crippen molar-refractivity contribution in [1.82, 2.24) is 0 Å². The molecule has 0 aliphatic heterocycles. The number of benzene rings is 2. The fraction of sp³-hybridized carbons (Fsp3) is 0.611. The van der Waals surface area contributed by atoms with Crippen LogP contribution in [-0.2, 0) is 38.7 Å². The molecule has 1 aliphatic rings. The van der Waals surface area contributed by atoms with E-state index >= 15 is 0 Å². The molecule has 3 rings (SSSR count). The van der Waals surface area contributed by atoms with Crippen LogP contribution in [-0.4, -0.2) is 34.7 Å². The van der Waals surface area contributed by atoms with Gasteiger partial charge in [-0.2, -0.15) is 0 Å². The van der Waals surface area contributed by atoms with Crippen LogP contribution in [0.3, 0.4) is 0 Å². The summed E-state index contributed by atoms with van der Waals surface area (Å²) in [6.07, 6.45) is 7.90. The van der Waals surface area contributed by atoms with E-state index in [4.69, 9.17) is 9.98 Å². The van der Waals surface area contributed by atoms with Crippen LogP contribution in [0, 0.1) is 0 Å². The molecule has 0 amide bonds. The van der Waals surface area contributed by atoms with Gasteiger partial charge in [0.2, 0.25) is 0 Å². The number of phenolic OH excluding ortho intramolecular Hbond substituents is 2. The molecule has 0 heterocycles. The standard InChI is InChI=1S/C36H54N2O2.Mn/c1-33(2,3)25-17-23(31(39)27(19-25)35(7,8)9)21-37-29-15-13-14-16-30(29)38-22-24-18-26(34(4,5)6)20-28(32(24)40)36(10,11)12;/h17-22,29-30,39-40H,13-16H2,1-12H3;/t29-,30+;. The van der Waals surface area contributed by atoms with E-state index in [1.807, 2.05) is 12.4 Å². The summed E-state index contributed by atoms with van der Waals surface area (Å²) in [7, 11) is 0. The van der Waals surface area contributed by atoms with Gasteiger partial charge in [0, 0.05) is 51.8 Å². The van der Waals surface area contributed by atoms with Gasteiger partial charge in [-0.25, -0.2) is 0 Å². The van der Waals surface area contributed by atoms with Gasteiger partial charge in [-0.05, 0) is 57.8 Å². The number of rotatable bonds is 4. The Morgan fingerprint density at radius 2 is 0.878 bits per heavy atom. The topological polar surface area (TPSA) is 65.2 Å². The minimum absolute atomic E-state index is 0. The molecule has 1 fully saturated rings. The Hall–Kier alpha value is -2.10. The van der Waals surface area contributed by atoms with E-state index in [1.54, 1.807) is 0 Å². The van der Waals surface area contributed by atoms with E-state index in [2.05, 4.69) is 107 Å². The second-order valence-electron chi connectivity index (χ2n) is 15.9. The summed E-state index contributed by atoms with van der Waals surface area (Å²) >= 11 is 0. The summed E-state index contributed by atoms with van der Waals surface area (Å²) in [6, 6.07) is 8.53. The first-order chi connectivity index (χ1) is 18.2. The Morgan fingerprint density at radius 3 is 1.15 bits per heavy atom. The maximum absolute atomic E-state index is 11.2. The van der Waals surface area contributed by atoms with Crippen LogP contribution >= 0.6 is 0 Å². The largest absolute Gasteiger partial charge is 0.507 e. The van der Waals surface area contributed by atoms with Crippen molar-refractivity contribution in [1.29, 1.82) is 0 Å². The monoisotopic (exact) mass is 601 g/mol. The molecular weight excluding hydrogens is 547 g/mol. The molecule has 227 valence electrons. The molecule has 0 unspecified atom stereocenters. The molecule has 1 saturated carbocycles. The molecular formula is C36H54MnN2O2. The first-order valence-corrected chi connectivity index (χ1v) is 15.0. The van der Waals surface area contributed by atoms with E-state index in [9.17, 15) is 10.2 Å². The summed E-state index contributed by atoms with van der Waals surface area (Å²) in [5, 5.41) is 22.5. The normalized spacial score (nSPS) is 19.1. The van der Waals surface area contributed by atoms with Crippen LogP contribution in [0.15, 0.2) is 34.3 Å². The van der Waals surface area contributed by atoms with Crippen molar-refractivity contribution in [2.24, 2.45) is 9.98 Å². The fourth-order valence-corrected chi connectivity index (χ4v) is 5.31. The molecule has 41 heavy (non-hydrogen) atoms. The third kappa shape index (κ3) is 8.71. The van der Waals surface area contributed by atoms with Gasteiger partial charge < -0.3 is 10.2 Å². The first kappa shape index (κ1) is 35.1. The van der Waals surface area contributed by atoms with E-state index in [0.717, 1.165) is 47.9 Å². The van der Waals surface area contributed by atoms with Crippen LogP contribution in [0.1, 0.15) is 142 Å². The van der Waals surface area contributed by atoms with Crippen molar-refractivity contribution >= 4 is 12.4 Å². The van der Waals surface area contributed by atoms with Crippen molar-refractivity contribution in [2.75, 3.05) is 0 Å². The Bertz CT molecular complexity index is 1170. The third-order valence-electron chi connectivity index (χ3n) is 8.13. The minimum atomic E-state index is -0.179. The SMILES string of the molecule is CC(C)(C)c1cc(C=N[C@H]2CCCC[C@H]2N=Cc2cc(C(C)(C)C)cc(C(C)(C)C)c2O)c(O)c(C(C)(C)C)c1.[Mn]. The number of hydrogen-bond donors (Lipinski definition) is 2. The van der Waals surface area contributed by atoms with Gasteiger partial charge in [-0.3, -0.25) is 9.98 Å². The summed E-state index contributed by atoms with van der Waals surface area (Å²) in [5.41, 5.74) is 5.39. The molecule has 2 aromatic carbocycles. The maximum atomic E-state index is 11.2. The molecule has 5 heteroatoms. The Balaban J connectivity index is 0.00000588. The maximum Gasteiger partial charge on any atom is 0.128 e. The summed E-state index contributed by atoms with van der Waals surface area (Å²) in [5.74, 6) is 0.637. The van der Waals surface area contributed by atoms with Crippen molar-refractivity contribution in [2.45, 2.75) is 143 Å². The smallest absolute Gasteiger partial charge is 0.128 e. The summed E-state index contributed by atoms with van der Waals surface area (Å²) in [6.45, 7) is 26.0. The zero-order chi connectivity index (χ0) is 30.3. The Kier molecular flexibility index (Phi) is 10.8. The van der Waals surface area contributed by atoms with Gasteiger partial charge in [0.15, 0.2) is 0 Å². The molecule has 0 saturated heterocycles. The second kappa shape index (κ2) is 12.6. The van der Waals surface area contributed by atoms with Gasteiger partial charge in [0.1, 0.15) is 11.5 Å². The molecule has 4 nitrogen and oxygen atoms in total. The van der Waals surface area contributed by atoms with Gasteiger partial charge >= 0.3 is 0 Å². The van der Waals surface area contributed by atoms with E-state index in [-0.39, 0.29) is 50.8 Å². The molecule has 1 aliphatic carbocycles.